The van der Waals surface area contributed by atoms with Gasteiger partial charge >= 0.3 is 0 Å². The molecule has 96 valence electrons. The molecule has 0 aliphatic carbocycles. The van der Waals surface area contributed by atoms with Gasteiger partial charge in [-0.25, -0.2) is 0 Å². The van der Waals surface area contributed by atoms with E-state index in [1.807, 2.05) is 30.3 Å². The average molecular weight is 248 g/mol. The molecule has 1 atom stereocenters. The predicted octanol–water partition coefficient (Wildman–Crippen LogP) is 0.460. The Balaban J connectivity index is 1.63. The molecule has 1 aromatic carbocycles. The van der Waals surface area contributed by atoms with E-state index >= 15 is 0 Å². The van der Waals surface area contributed by atoms with E-state index in [0.29, 0.717) is 26.0 Å². The Morgan fingerprint density at radius 2 is 2.17 bits per heavy atom. The first-order chi connectivity index (χ1) is 8.75. The summed E-state index contributed by atoms with van der Waals surface area (Å²) in [5.74, 6) is 0.578. The molecule has 5 nitrogen and oxygen atoms in total. The van der Waals surface area contributed by atoms with Gasteiger partial charge in [-0.15, -0.1) is 0 Å². The zero-order valence-electron chi connectivity index (χ0n) is 10.0. The number of nitrogens with one attached hydrogen (secondary N) is 2. The van der Waals surface area contributed by atoms with E-state index in [2.05, 4.69) is 10.6 Å². The van der Waals surface area contributed by atoms with Crippen LogP contribution in [-0.4, -0.2) is 31.0 Å². The van der Waals surface area contributed by atoms with E-state index in [1.54, 1.807) is 0 Å². The minimum atomic E-state index is -0.380. The van der Waals surface area contributed by atoms with Gasteiger partial charge in [0.1, 0.15) is 18.4 Å². The maximum Gasteiger partial charge on any atom is 0.242 e. The normalized spacial score (nSPS) is 18.2. The van der Waals surface area contributed by atoms with Crippen molar-refractivity contribution in [3.8, 4) is 5.75 Å². The summed E-state index contributed by atoms with van der Waals surface area (Å²) in [7, 11) is 0. The molecule has 2 N–H and O–H groups in total. The van der Waals surface area contributed by atoms with E-state index < -0.39 is 0 Å². The molecule has 2 rings (SSSR count). The second-order valence-electron chi connectivity index (χ2n) is 4.11. The maximum atomic E-state index is 11.6. The number of carbonyl (C=O) groups is 2. The fraction of sp³-hybridized carbons (Fsp3) is 0.385. The minimum Gasteiger partial charge on any atom is -0.492 e. The van der Waals surface area contributed by atoms with Crippen molar-refractivity contribution in [2.75, 3.05) is 13.2 Å². The molecule has 0 aromatic heterocycles. The Kier molecular flexibility index (Phi) is 4.17. The van der Waals surface area contributed by atoms with Crippen LogP contribution < -0.4 is 15.4 Å². The summed E-state index contributed by atoms with van der Waals surface area (Å²) >= 11 is 0. The van der Waals surface area contributed by atoms with Gasteiger partial charge in [-0.1, -0.05) is 18.2 Å². The number of benzene rings is 1. The molecule has 0 radical (unpaired) electrons. The van der Waals surface area contributed by atoms with Crippen LogP contribution in [-0.2, 0) is 9.59 Å². The van der Waals surface area contributed by atoms with E-state index in [-0.39, 0.29) is 17.9 Å². The van der Waals surface area contributed by atoms with Crippen LogP contribution in [0.25, 0.3) is 0 Å². The number of carbonyl (C=O) groups excluding carboxylic acids is 2. The van der Waals surface area contributed by atoms with Gasteiger partial charge in [-0.3, -0.25) is 9.59 Å². The lowest BCUT2D eigenvalue weighted by Gasteiger charge is -2.11. The zero-order chi connectivity index (χ0) is 12.8. The quantitative estimate of drug-likeness (QED) is 0.744. The topological polar surface area (TPSA) is 67.4 Å². The number of ether oxygens (including phenoxy) is 1. The van der Waals surface area contributed by atoms with Crippen molar-refractivity contribution < 1.29 is 14.3 Å². The molecule has 1 heterocycles. The summed E-state index contributed by atoms with van der Waals surface area (Å²) < 4.78 is 5.44. The van der Waals surface area contributed by atoms with Crippen LogP contribution in [0.1, 0.15) is 12.8 Å². The molecular weight excluding hydrogens is 232 g/mol. The lowest BCUT2D eigenvalue weighted by Crippen LogP contribution is -2.42. The first-order valence-corrected chi connectivity index (χ1v) is 6.00. The highest BCUT2D eigenvalue weighted by Gasteiger charge is 2.26. The van der Waals surface area contributed by atoms with Gasteiger partial charge in [0.05, 0.1) is 6.54 Å². The first-order valence-electron chi connectivity index (χ1n) is 6.00. The number of amides is 2. The van der Waals surface area contributed by atoms with Gasteiger partial charge < -0.3 is 15.4 Å². The van der Waals surface area contributed by atoms with Crippen LogP contribution >= 0.6 is 0 Å². The molecule has 0 bridgehead atoms. The Bertz CT molecular complexity index is 420. The fourth-order valence-electron chi connectivity index (χ4n) is 1.79. The van der Waals surface area contributed by atoms with E-state index in [1.165, 1.54) is 0 Å². The standard InChI is InChI=1S/C13H16N2O3/c16-12-7-6-11(15-12)13(17)14-8-9-18-10-4-2-1-3-5-10/h1-5,11H,6-9H2,(H,14,17)(H,15,16). The lowest BCUT2D eigenvalue weighted by atomic mass is 10.2. The largest absolute Gasteiger partial charge is 0.492 e. The van der Waals surface area contributed by atoms with Crippen LogP contribution in [0.15, 0.2) is 30.3 Å². The van der Waals surface area contributed by atoms with Gasteiger partial charge in [0.15, 0.2) is 0 Å². The summed E-state index contributed by atoms with van der Waals surface area (Å²) in [4.78, 5) is 22.6. The second kappa shape index (κ2) is 6.05. The molecule has 1 saturated heterocycles. The molecule has 2 amide bonds. The van der Waals surface area contributed by atoms with Gasteiger partial charge in [0.2, 0.25) is 11.8 Å². The van der Waals surface area contributed by atoms with Crippen molar-refractivity contribution >= 4 is 11.8 Å². The fourth-order valence-corrected chi connectivity index (χ4v) is 1.79. The highest BCUT2D eigenvalue weighted by Crippen LogP contribution is 2.08. The van der Waals surface area contributed by atoms with E-state index in [9.17, 15) is 9.59 Å². The smallest absolute Gasteiger partial charge is 0.242 e. The average Bonchev–Trinajstić information content (AvgIpc) is 2.82. The van der Waals surface area contributed by atoms with Crippen LogP contribution in [0.4, 0.5) is 0 Å². The van der Waals surface area contributed by atoms with Crippen molar-refractivity contribution in [2.45, 2.75) is 18.9 Å². The SMILES string of the molecule is O=C1CCC(C(=O)NCCOc2ccccc2)N1. The van der Waals surface area contributed by atoms with Crippen molar-refractivity contribution in [3.63, 3.8) is 0 Å². The number of para-hydroxylation sites is 1. The minimum absolute atomic E-state index is 0.0596. The Labute approximate surface area is 106 Å². The summed E-state index contributed by atoms with van der Waals surface area (Å²) in [6, 6.07) is 9.04. The summed E-state index contributed by atoms with van der Waals surface area (Å²) in [5, 5.41) is 5.36. The van der Waals surface area contributed by atoms with Gasteiger partial charge in [0.25, 0.3) is 0 Å². The molecule has 1 unspecified atom stereocenters. The molecular formula is C13H16N2O3. The third kappa shape index (κ3) is 3.48. The number of hydrogen-bond acceptors (Lipinski definition) is 3. The molecule has 1 aromatic rings. The number of rotatable bonds is 5. The maximum absolute atomic E-state index is 11.6. The third-order valence-electron chi connectivity index (χ3n) is 2.73. The molecule has 5 heteroatoms. The molecule has 1 aliphatic rings. The summed E-state index contributed by atoms with van der Waals surface area (Å²) in [6.07, 6.45) is 1.00. The van der Waals surface area contributed by atoms with E-state index in [4.69, 9.17) is 4.74 Å². The second-order valence-corrected chi connectivity index (χ2v) is 4.11. The highest BCUT2D eigenvalue weighted by atomic mass is 16.5. The first kappa shape index (κ1) is 12.4. The molecule has 1 aliphatic heterocycles. The molecule has 0 saturated carbocycles. The van der Waals surface area contributed by atoms with Crippen molar-refractivity contribution in [2.24, 2.45) is 0 Å². The Hall–Kier alpha value is -2.04. The van der Waals surface area contributed by atoms with Crippen molar-refractivity contribution in [1.29, 1.82) is 0 Å². The summed E-state index contributed by atoms with van der Waals surface area (Å²) in [5.41, 5.74) is 0. The summed E-state index contributed by atoms with van der Waals surface area (Å²) in [6.45, 7) is 0.844. The van der Waals surface area contributed by atoms with Gasteiger partial charge in [0, 0.05) is 6.42 Å². The van der Waals surface area contributed by atoms with Crippen LogP contribution in [0.2, 0.25) is 0 Å². The Morgan fingerprint density at radius 3 is 2.83 bits per heavy atom. The number of hydrogen-bond donors (Lipinski definition) is 2. The van der Waals surface area contributed by atoms with Crippen LogP contribution in [0.3, 0.4) is 0 Å². The lowest BCUT2D eigenvalue weighted by molar-refractivity contribution is -0.125. The molecule has 1 fully saturated rings. The van der Waals surface area contributed by atoms with Gasteiger partial charge in [-0.2, -0.15) is 0 Å². The Morgan fingerprint density at radius 1 is 1.39 bits per heavy atom. The third-order valence-corrected chi connectivity index (χ3v) is 2.73. The molecule has 0 spiro atoms. The van der Waals surface area contributed by atoms with Crippen molar-refractivity contribution in [1.82, 2.24) is 10.6 Å². The van der Waals surface area contributed by atoms with Crippen LogP contribution in [0, 0.1) is 0 Å². The van der Waals surface area contributed by atoms with Crippen molar-refractivity contribution in [3.05, 3.63) is 30.3 Å². The zero-order valence-corrected chi connectivity index (χ0v) is 10.0. The van der Waals surface area contributed by atoms with Crippen LogP contribution in [0.5, 0.6) is 5.75 Å². The van der Waals surface area contributed by atoms with E-state index in [0.717, 1.165) is 5.75 Å². The monoisotopic (exact) mass is 248 g/mol. The predicted molar refractivity (Wildman–Crippen MR) is 66.1 cm³/mol. The van der Waals surface area contributed by atoms with Gasteiger partial charge in [-0.05, 0) is 18.6 Å². The highest BCUT2D eigenvalue weighted by molar-refractivity contribution is 5.90. The molecule has 18 heavy (non-hydrogen) atoms.